The van der Waals surface area contributed by atoms with Gasteiger partial charge in [-0.2, -0.15) is 19.9 Å². The van der Waals surface area contributed by atoms with Gasteiger partial charge in [-0.05, 0) is 154 Å². The number of morpholine rings is 2. The molecule has 4 fully saturated rings. The molecule has 0 aliphatic carbocycles. The lowest BCUT2D eigenvalue weighted by atomic mass is 10.0. The Bertz CT molecular complexity index is 4360. The topological polar surface area (TPSA) is 186 Å². The minimum Gasteiger partial charge on any atom is -0.463 e. The van der Waals surface area contributed by atoms with Gasteiger partial charge >= 0.3 is 24.2 Å². The molecule has 6 aliphatic heterocycles. The van der Waals surface area contributed by atoms with Gasteiger partial charge in [0.2, 0.25) is 0 Å². The van der Waals surface area contributed by atoms with Crippen LogP contribution < -0.4 is 29.5 Å². The summed E-state index contributed by atoms with van der Waals surface area (Å²) in [6, 6.07) is 34.4. The molecule has 0 atom stereocenters. The Hall–Kier alpha value is -7.63. The van der Waals surface area contributed by atoms with Crippen molar-refractivity contribution in [3.8, 4) is 12.0 Å². The molecule has 22 nitrogen and oxygen atoms in total. The van der Waals surface area contributed by atoms with Crippen LogP contribution in [0.15, 0.2) is 114 Å². The lowest BCUT2D eigenvalue weighted by Crippen LogP contribution is -2.51. The number of ether oxygens (including phenoxy) is 6. The van der Waals surface area contributed by atoms with Crippen LogP contribution in [0.3, 0.4) is 0 Å². The average Bonchev–Trinajstić information content (AvgIpc) is 1.48. The van der Waals surface area contributed by atoms with Crippen molar-refractivity contribution in [3.05, 3.63) is 159 Å². The third-order valence-corrected chi connectivity index (χ3v) is 39.3. The Balaban J connectivity index is 0.000000188. The Labute approximate surface area is 690 Å². The number of nitrogens with zero attached hydrogens (tertiary/aromatic N) is 13. The molecule has 0 radical (unpaired) electrons. The number of halogens is 1. The van der Waals surface area contributed by atoms with Crippen molar-refractivity contribution in [2.75, 3.05) is 159 Å². The van der Waals surface area contributed by atoms with Gasteiger partial charge < -0.3 is 66.7 Å². The number of benzene rings is 4. The molecule has 10 heterocycles. The van der Waals surface area contributed by atoms with Gasteiger partial charge in [0, 0.05) is 148 Å². The van der Waals surface area contributed by atoms with Gasteiger partial charge in [0.15, 0.2) is 16.5 Å². The number of piperazine rings is 2. The molecule has 6 aliphatic rings. The maximum absolute atomic E-state index is 13.0. The molecular formula is C89H131BrN14O8Si2. The number of anilines is 3. The van der Waals surface area contributed by atoms with Crippen molar-refractivity contribution in [1.82, 2.24) is 53.3 Å². The van der Waals surface area contributed by atoms with E-state index in [0.29, 0.717) is 124 Å². The molecule has 620 valence electrons. The third-order valence-electron chi connectivity index (χ3n) is 24.7. The minimum atomic E-state index is -1.94. The number of rotatable bonds is 25. The zero-order valence-electron chi connectivity index (χ0n) is 70.0. The zero-order chi connectivity index (χ0) is 79.9. The molecule has 114 heavy (non-hydrogen) atoms. The van der Waals surface area contributed by atoms with E-state index in [0.717, 1.165) is 145 Å². The van der Waals surface area contributed by atoms with Crippen LogP contribution in [-0.4, -0.2) is 221 Å². The van der Waals surface area contributed by atoms with E-state index in [-0.39, 0.29) is 26.2 Å². The molecule has 0 unspecified atom stereocenters. The van der Waals surface area contributed by atoms with E-state index in [1.54, 1.807) is 4.90 Å². The van der Waals surface area contributed by atoms with E-state index in [9.17, 15) is 9.59 Å². The maximum atomic E-state index is 13.0. The standard InChI is InChI=1S/C44H63N7O4Si.C26H36N6O4.C18H28BrNSi.CH4/c1-32(2)56(33(3)4,34(5)6)51-20-17-38-40(51)15-14-35(7)41(38)50-19-16-37-39(30-50)45-43(54-27-11-18-47-25-28-53-29-26-47)46-42(37)48-21-23-49(24-22-48)44(52)55-31-36-12-9-8-10-13-36;33-26(36-20-21-5-2-1-3-6-21)32-12-10-31(11-13-32)24-22-7-8-27-19-23(22)28-25(29-24)35-16-4-9-30-14-17-34-18-15-30;1-12(2)21(13(3)4,14(5)6)20-11-10-16-17(20)9-8-15(7)18(16)19;/h8-10,12-15,17,20,32-34H,11,16,18-19,21-31H2,1-7H3;1-3,5-6,27H,4,7-20H2;8-14H,1-7H3;1H4. The van der Waals surface area contributed by atoms with Gasteiger partial charge in [-0.3, -0.25) is 9.80 Å². The molecule has 25 heteroatoms. The van der Waals surface area contributed by atoms with Crippen LogP contribution in [0, 0.1) is 13.8 Å². The number of carbonyl (C=O) groups excluding carboxylic acids is 2. The highest BCUT2D eigenvalue weighted by molar-refractivity contribution is 9.10. The summed E-state index contributed by atoms with van der Waals surface area (Å²) in [6.07, 6.45) is 7.76. The number of carbonyl (C=O) groups is 2. The first-order valence-corrected chi connectivity index (χ1v) is 47.1. The van der Waals surface area contributed by atoms with Gasteiger partial charge in [0.1, 0.15) is 24.8 Å². The predicted molar refractivity (Wildman–Crippen MR) is 470 cm³/mol. The largest absolute Gasteiger partial charge is 0.463 e. The molecule has 1 N–H and O–H groups in total. The second-order valence-electron chi connectivity index (χ2n) is 33.3. The maximum Gasteiger partial charge on any atom is 0.410 e. The van der Waals surface area contributed by atoms with Crippen molar-refractivity contribution < 1.29 is 38.0 Å². The number of amides is 2. The molecular weight excluding hydrogens is 1530 g/mol. The van der Waals surface area contributed by atoms with Crippen LogP contribution >= 0.6 is 15.9 Å². The quantitative estimate of drug-likeness (QED) is 0.0420. The van der Waals surface area contributed by atoms with Crippen molar-refractivity contribution in [1.29, 1.82) is 0 Å². The Morgan fingerprint density at radius 2 is 0.904 bits per heavy atom. The highest BCUT2D eigenvalue weighted by Crippen LogP contribution is 2.48. The first kappa shape index (κ1) is 87.2. The molecule has 2 amide bonds. The van der Waals surface area contributed by atoms with Crippen LogP contribution in [-0.2, 0) is 58.1 Å². The van der Waals surface area contributed by atoms with E-state index in [1.807, 2.05) is 65.6 Å². The molecule has 4 aromatic carbocycles. The lowest BCUT2D eigenvalue weighted by Gasteiger charge is -2.44. The van der Waals surface area contributed by atoms with E-state index >= 15 is 0 Å². The zero-order valence-corrected chi connectivity index (χ0v) is 73.6. The molecule has 8 aromatic rings. The van der Waals surface area contributed by atoms with Gasteiger partial charge in [0.25, 0.3) is 0 Å². The van der Waals surface area contributed by atoms with Crippen molar-refractivity contribution in [2.24, 2.45) is 0 Å². The van der Waals surface area contributed by atoms with E-state index in [2.05, 4.69) is 200 Å². The fourth-order valence-electron chi connectivity index (χ4n) is 19.3. The second-order valence-corrected chi connectivity index (χ2v) is 45.6. The number of fused-ring (bicyclic) bond motifs is 4. The second kappa shape index (κ2) is 40.5. The van der Waals surface area contributed by atoms with Crippen molar-refractivity contribution >= 4 is 83.7 Å². The summed E-state index contributed by atoms with van der Waals surface area (Å²) in [6.45, 7) is 52.6. The highest BCUT2D eigenvalue weighted by atomic mass is 79.9. The average molecular weight is 1660 g/mol. The molecule has 0 bridgehead atoms. The lowest BCUT2D eigenvalue weighted by molar-refractivity contribution is 0.0356. The molecule has 4 saturated heterocycles. The highest BCUT2D eigenvalue weighted by Gasteiger charge is 2.47. The first-order chi connectivity index (χ1) is 54.6. The Morgan fingerprint density at radius 1 is 0.482 bits per heavy atom. The van der Waals surface area contributed by atoms with Crippen molar-refractivity contribution in [2.45, 2.75) is 190 Å². The number of hydrogen-bond acceptors (Lipinski definition) is 18. The molecule has 14 rings (SSSR count). The number of aryl methyl sites for hydroxylation is 2. The van der Waals surface area contributed by atoms with Crippen LogP contribution in [0.1, 0.15) is 148 Å². The van der Waals surface area contributed by atoms with Crippen LogP contribution in [0.4, 0.5) is 26.9 Å². The van der Waals surface area contributed by atoms with Gasteiger partial charge in [-0.15, -0.1) is 0 Å². The smallest absolute Gasteiger partial charge is 0.410 e. The Morgan fingerprint density at radius 3 is 1.36 bits per heavy atom. The fourth-order valence-corrected chi connectivity index (χ4v) is 33.0. The van der Waals surface area contributed by atoms with Gasteiger partial charge in [-0.25, -0.2) is 9.59 Å². The minimum absolute atomic E-state index is 0. The molecule has 0 spiro atoms. The number of hydrogen-bond donors (Lipinski definition) is 1. The van der Waals surface area contributed by atoms with E-state index in [4.69, 9.17) is 48.4 Å². The summed E-state index contributed by atoms with van der Waals surface area (Å²) in [4.78, 5) is 60.9. The summed E-state index contributed by atoms with van der Waals surface area (Å²) in [7, 11) is -3.60. The molecule has 4 aromatic heterocycles. The third kappa shape index (κ3) is 20.0. The fraction of sp³-hybridized carbons (Fsp3) is 0.573. The monoisotopic (exact) mass is 1660 g/mol. The number of aromatic nitrogens is 6. The Kier molecular flexibility index (Phi) is 31.0. The SMILES string of the molecule is C.Cc1ccc2c(ccn2[Si](C(C)C)(C(C)C)C(C)C)c1Br.Cc1ccc2c(ccn2[Si](C(C)C)(C(C)C)C(C)C)c1N1CCc2c(nc(OCCCN3CCOCC3)nc2N2CCN(C(=O)OCc3ccccc3)CC2)C1.O=C(OCc1ccccc1)N1CCN(c2nc(OCCCN3CCOCC3)nc3c2CCNC3)CC1. The van der Waals surface area contributed by atoms with Crippen LogP contribution in [0.25, 0.3) is 21.8 Å². The summed E-state index contributed by atoms with van der Waals surface area (Å²) in [5.74, 6) is 1.89. The molecule has 0 saturated carbocycles. The van der Waals surface area contributed by atoms with E-state index < -0.39 is 16.5 Å². The van der Waals surface area contributed by atoms with Crippen LogP contribution in [0.2, 0.25) is 33.2 Å². The van der Waals surface area contributed by atoms with Gasteiger partial charge in [-0.1, -0.05) is 163 Å². The van der Waals surface area contributed by atoms with Crippen LogP contribution in [0.5, 0.6) is 12.0 Å². The summed E-state index contributed by atoms with van der Waals surface area (Å²) < 4.78 is 41.2. The summed E-state index contributed by atoms with van der Waals surface area (Å²) in [5, 5.41) is 6.09. The summed E-state index contributed by atoms with van der Waals surface area (Å²) in [5.41, 5.74) is 17.0. The summed E-state index contributed by atoms with van der Waals surface area (Å²) >= 11 is 3.77. The first-order valence-electron chi connectivity index (χ1n) is 42.0. The van der Waals surface area contributed by atoms with E-state index in [1.165, 1.54) is 54.2 Å². The number of nitrogens with one attached hydrogen (secondary N) is 1. The van der Waals surface area contributed by atoms with Crippen molar-refractivity contribution in [3.63, 3.8) is 0 Å². The normalized spacial score (nSPS) is 16.6. The predicted octanol–water partition coefficient (Wildman–Crippen LogP) is 16.9. The van der Waals surface area contributed by atoms with Gasteiger partial charge in [0.05, 0.1) is 57.6 Å².